The highest BCUT2D eigenvalue weighted by Crippen LogP contribution is 2.40. The van der Waals surface area contributed by atoms with E-state index in [-0.39, 0.29) is 0 Å². The molecule has 1 heterocycles. The Balaban J connectivity index is 1.74. The molecule has 1 saturated carbocycles. The molecule has 1 fully saturated rings. The number of nitrogens with zero attached hydrogens (tertiary/aromatic N) is 1. The van der Waals surface area contributed by atoms with Gasteiger partial charge in [-0.05, 0) is 24.2 Å². The Morgan fingerprint density at radius 1 is 1.50 bits per heavy atom. The first-order chi connectivity index (χ1) is 7.57. The van der Waals surface area contributed by atoms with Gasteiger partial charge in [0.15, 0.2) is 0 Å². The van der Waals surface area contributed by atoms with Crippen molar-refractivity contribution in [2.24, 2.45) is 11.3 Å². The maximum Gasteiger partial charge on any atom is 0.0937 e. The number of nitrogens with one attached hydrogen (secondary N) is 1. The summed E-state index contributed by atoms with van der Waals surface area (Å²) in [7, 11) is 0. The molecule has 0 spiro atoms. The van der Waals surface area contributed by atoms with E-state index >= 15 is 0 Å². The Labute approximate surface area is 102 Å². The van der Waals surface area contributed by atoms with Crippen LogP contribution in [-0.2, 0) is 6.42 Å². The molecule has 1 N–H and O–H groups in total. The van der Waals surface area contributed by atoms with Crippen LogP contribution < -0.4 is 5.32 Å². The minimum absolute atomic E-state index is 0.526. The van der Waals surface area contributed by atoms with Gasteiger partial charge in [0.25, 0.3) is 0 Å². The third-order valence-electron chi connectivity index (χ3n) is 3.56. The van der Waals surface area contributed by atoms with Gasteiger partial charge in [-0.15, -0.1) is 11.3 Å². The number of aromatic nitrogens is 1. The van der Waals surface area contributed by atoms with Gasteiger partial charge in [0.1, 0.15) is 0 Å². The average Bonchev–Trinajstić information content (AvgIpc) is 2.75. The smallest absolute Gasteiger partial charge is 0.0937 e. The normalized spacial score (nSPS) is 28.4. The van der Waals surface area contributed by atoms with E-state index < -0.39 is 0 Å². The van der Waals surface area contributed by atoms with Crippen molar-refractivity contribution < 1.29 is 0 Å². The molecule has 0 radical (unpaired) electrons. The van der Waals surface area contributed by atoms with Crippen LogP contribution in [-0.4, -0.2) is 17.6 Å². The standard InChI is InChI=1S/C13H22N2S/c1-10-8-13(2,3)9-11(10)14-5-4-12-15-6-7-16-12/h6-7,10-11,14H,4-5,8-9H2,1-3H3. The lowest BCUT2D eigenvalue weighted by atomic mass is 9.91. The highest BCUT2D eigenvalue weighted by atomic mass is 32.1. The molecule has 0 amide bonds. The lowest BCUT2D eigenvalue weighted by Crippen LogP contribution is -2.33. The van der Waals surface area contributed by atoms with Crippen molar-refractivity contribution in [2.45, 2.75) is 46.1 Å². The van der Waals surface area contributed by atoms with Crippen molar-refractivity contribution in [1.29, 1.82) is 0 Å². The maximum absolute atomic E-state index is 4.31. The second-order valence-corrected chi connectivity index (χ2v) is 6.77. The molecule has 2 atom stereocenters. The van der Waals surface area contributed by atoms with Crippen LogP contribution in [0.4, 0.5) is 0 Å². The van der Waals surface area contributed by atoms with Crippen LogP contribution in [0, 0.1) is 11.3 Å². The van der Waals surface area contributed by atoms with E-state index in [4.69, 9.17) is 0 Å². The minimum Gasteiger partial charge on any atom is -0.313 e. The summed E-state index contributed by atoms with van der Waals surface area (Å²) in [4.78, 5) is 4.31. The van der Waals surface area contributed by atoms with E-state index in [1.54, 1.807) is 11.3 Å². The lowest BCUT2D eigenvalue weighted by Gasteiger charge is -2.18. The molecule has 3 heteroatoms. The first kappa shape index (κ1) is 12.1. The minimum atomic E-state index is 0.526. The average molecular weight is 238 g/mol. The largest absolute Gasteiger partial charge is 0.313 e. The maximum atomic E-state index is 4.31. The van der Waals surface area contributed by atoms with Crippen molar-refractivity contribution in [2.75, 3.05) is 6.54 Å². The van der Waals surface area contributed by atoms with Gasteiger partial charge in [0.05, 0.1) is 5.01 Å². The summed E-state index contributed by atoms with van der Waals surface area (Å²) in [5.41, 5.74) is 0.526. The summed E-state index contributed by atoms with van der Waals surface area (Å²) < 4.78 is 0. The van der Waals surface area contributed by atoms with Crippen LogP contribution in [0.15, 0.2) is 11.6 Å². The molecule has 2 unspecified atom stereocenters. The van der Waals surface area contributed by atoms with Crippen LogP contribution in [0.25, 0.3) is 0 Å². The van der Waals surface area contributed by atoms with Gasteiger partial charge in [-0.3, -0.25) is 0 Å². The number of rotatable bonds is 4. The Morgan fingerprint density at radius 3 is 2.88 bits per heavy atom. The summed E-state index contributed by atoms with van der Waals surface area (Å²) in [6.45, 7) is 8.20. The van der Waals surface area contributed by atoms with Gasteiger partial charge in [-0.2, -0.15) is 0 Å². The summed E-state index contributed by atoms with van der Waals surface area (Å²) in [5.74, 6) is 0.811. The Kier molecular flexibility index (Phi) is 3.65. The Morgan fingerprint density at radius 2 is 2.31 bits per heavy atom. The van der Waals surface area contributed by atoms with Crippen LogP contribution in [0.1, 0.15) is 38.6 Å². The molecule has 90 valence electrons. The topological polar surface area (TPSA) is 24.9 Å². The number of hydrogen-bond acceptors (Lipinski definition) is 3. The second kappa shape index (κ2) is 4.84. The summed E-state index contributed by atoms with van der Waals surface area (Å²) >= 11 is 1.75. The highest BCUT2D eigenvalue weighted by Gasteiger charge is 2.35. The van der Waals surface area contributed by atoms with Crippen molar-refractivity contribution in [3.63, 3.8) is 0 Å². The van der Waals surface area contributed by atoms with Crippen molar-refractivity contribution in [1.82, 2.24) is 10.3 Å². The Bertz CT molecular complexity index is 319. The molecule has 0 saturated heterocycles. The molecule has 1 aromatic heterocycles. The fraction of sp³-hybridized carbons (Fsp3) is 0.769. The molecule has 2 nitrogen and oxygen atoms in total. The van der Waals surface area contributed by atoms with E-state index in [2.05, 4.69) is 36.5 Å². The third-order valence-corrected chi connectivity index (χ3v) is 4.40. The van der Waals surface area contributed by atoms with Crippen LogP contribution in [0.3, 0.4) is 0 Å². The molecule has 1 aliphatic carbocycles. The number of thiazole rings is 1. The van der Waals surface area contributed by atoms with Crippen LogP contribution in [0.5, 0.6) is 0 Å². The van der Waals surface area contributed by atoms with Gasteiger partial charge >= 0.3 is 0 Å². The molecule has 0 bridgehead atoms. The van der Waals surface area contributed by atoms with Crippen LogP contribution in [0.2, 0.25) is 0 Å². The quantitative estimate of drug-likeness (QED) is 0.872. The zero-order valence-corrected chi connectivity index (χ0v) is 11.3. The molecule has 0 aromatic carbocycles. The molecule has 0 aliphatic heterocycles. The van der Waals surface area contributed by atoms with Gasteiger partial charge in [-0.25, -0.2) is 4.98 Å². The zero-order chi connectivity index (χ0) is 11.6. The van der Waals surface area contributed by atoms with Crippen LogP contribution >= 0.6 is 11.3 Å². The second-order valence-electron chi connectivity index (χ2n) is 5.79. The summed E-state index contributed by atoms with van der Waals surface area (Å²) in [6.07, 6.45) is 5.62. The Hall–Kier alpha value is -0.410. The molecular formula is C13H22N2S. The fourth-order valence-corrected chi connectivity index (χ4v) is 3.53. The van der Waals surface area contributed by atoms with E-state index in [0.29, 0.717) is 11.5 Å². The summed E-state index contributed by atoms with van der Waals surface area (Å²) in [5, 5.41) is 6.99. The van der Waals surface area contributed by atoms with E-state index in [9.17, 15) is 0 Å². The van der Waals surface area contributed by atoms with Gasteiger partial charge in [0.2, 0.25) is 0 Å². The molecule has 1 aromatic rings. The SMILES string of the molecule is CC1CC(C)(C)CC1NCCc1nccs1. The molecule has 1 aliphatic rings. The molecular weight excluding hydrogens is 216 g/mol. The van der Waals surface area contributed by atoms with Crippen molar-refractivity contribution in [3.8, 4) is 0 Å². The van der Waals surface area contributed by atoms with Gasteiger partial charge in [0, 0.05) is 30.6 Å². The zero-order valence-electron chi connectivity index (χ0n) is 10.5. The van der Waals surface area contributed by atoms with Gasteiger partial charge in [-0.1, -0.05) is 20.8 Å². The monoisotopic (exact) mass is 238 g/mol. The highest BCUT2D eigenvalue weighted by molar-refractivity contribution is 7.09. The molecule has 2 rings (SSSR count). The fourth-order valence-electron chi connectivity index (χ4n) is 2.91. The first-order valence-electron chi connectivity index (χ1n) is 6.19. The van der Waals surface area contributed by atoms with E-state index in [1.807, 2.05) is 6.20 Å². The van der Waals surface area contributed by atoms with E-state index in [1.165, 1.54) is 17.8 Å². The first-order valence-corrected chi connectivity index (χ1v) is 7.06. The van der Waals surface area contributed by atoms with E-state index in [0.717, 1.165) is 18.9 Å². The predicted octanol–water partition coefficient (Wildman–Crippen LogP) is 3.10. The predicted molar refractivity (Wildman–Crippen MR) is 69.8 cm³/mol. The van der Waals surface area contributed by atoms with Crippen molar-refractivity contribution >= 4 is 11.3 Å². The van der Waals surface area contributed by atoms with Crippen molar-refractivity contribution in [3.05, 3.63) is 16.6 Å². The lowest BCUT2D eigenvalue weighted by molar-refractivity contribution is 0.362. The molecule has 16 heavy (non-hydrogen) atoms. The number of hydrogen-bond donors (Lipinski definition) is 1. The third kappa shape index (κ3) is 3.05. The van der Waals surface area contributed by atoms with Gasteiger partial charge < -0.3 is 5.32 Å². The summed E-state index contributed by atoms with van der Waals surface area (Å²) in [6, 6.07) is 0.704.